The number of sulfonamides is 1. The van der Waals surface area contributed by atoms with Crippen LogP contribution < -0.4 is 4.72 Å². The maximum atomic E-state index is 12.8. The fourth-order valence-electron chi connectivity index (χ4n) is 1.84. The Morgan fingerprint density at radius 2 is 1.52 bits per heavy atom. The maximum absolute atomic E-state index is 12.8. The van der Waals surface area contributed by atoms with Gasteiger partial charge in [0, 0.05) is 6.54 Å². The summed E-state index contributed by atoms with van der Waals surface area (Å²) >= 11 is 0. The SMILES string of the molecule is O=S(=O)(NCCc1ccc(F)cc1)c1ccc(CO)cc1. The van der Waals surface area contributed by atoms with E-state index in [9.17, 15) is 12.8 Å². The summed E-state index contributed by atoms with van der Waals surface area (Å²) < 4.78 is 39.3. The number of benzene rings is 2. The van der Waals surface area contributed by atoms with Gasteiger partial charge in [0.25, 0.3) is 0 Å². The van der Waals surface area contributed by atoms with Crippen molar-refractivity contribution in [2.75, 3.05) is 6.54 Å². The molecule has 6 heteroatoms. The highest BCUT2D eigenvalue weighted by Crippen LogP contribution is 2.11. The molecule has 0 aromatic heterocycles. The average Bonchev–Trinajstić information content (AvgIpc) is 2.49. The van der Waals surface area contributed by atoms with E-state index in [-0.39, 0.29) is 23.9 Å². The number of nitrogens with one attached hydrogen (secondary N) is 1. The lowest BCUT2D eigenvalue weighted by Crippen LogP contribution is -2.26. The number of halogens is 1. The number of hydrogen-bond donors (Lipinski definition) is 2. The van der Waals surface area contributed by atoms with E-state index in [1.165, 1.54) is 24.3 Å². The van der Waals surface area contributed by atoms with Crippen molar-refractivity contribution in [3.05, 3.63) is 65.5 Å². The molecule has 0 bridgehead atoms. The zero-order chi connectivity index (χ0) is 15.3. The summed E-state index contributed by atoms with van der Waals surface area (Å²) in [5, 5.41) is 8.93. The molecule has 0 spiro atoms. The smallest absolute Gasteiger partial charge is 0.240 e. The predicted molar refractivity (Wildman–Crippen MR) is 77.7 cm³/mol. The van der Waals surface area contributed by atoms with E-state index in [1.807, 2.05) is 0 Å². The first kappa shape index (κ1) is 15.6. The Kier molecular flexibility index (Phi) is 5.06. The molecule has 0 aliphatic carbocycles. The van der Waals surface area contributed by atoms with E-state index in [0.29, 0.717) is 12.0 Å². The van der Waals surface area contributed by atoms with Gasteiger partial charge in [0.05, 0.1) is 11.5 Å². The second-order valence-corrected chi connectivity index (χ2v) is 6.34. The van der Waals surface area contributed by atoms with Gasteiger partial charge in [-0.1, -0.05) is 24.3 Å². The van der Waals surface area contributed by atoms with E-state index in [1.54, 1.807) is 24.3 Å². The summed E-state index contributed by atoms with van der Waals surface area (Å²) in [5.41, 5.74) is 1.51. The van der Waals surface area contributed by atoms with Crippen LogP contribution in [-0.2, 0) is 23.1 Å². The van der Waals surface area contributed by atoms with Crippen LogP contribution in [-0.4, -0.2) is 20.1 Å². The van der Waals surface area contributed by atoms with Crippen molar-refractivity contribution in [2.45, 2.75) is 17.9 Å². The molecule has 0 saturated heterocycles. The molecule has 0 unspecified atom stereocenters. The van der Waals surface area contributed by atoms with Crippen LogP contribution in [0.5, 0.6) is 0 Å². The van der Waals surface area contributed by atoms with Crippen molar-refractivity contribution >= 4 is 10.0 Å². The van der Waals surface area contributed by atoms with Gasteiger partial charge in [-0.2, -0.15) is 0 Å². The molecular weight excluding hydrogens is 293 g/mol. The third-order valence-electron chi connectivity index (χ3n) is 3.04. The third-order valence-corrected chi connectivity index (χ3v) is 4.51. The van der Waals surface area contributed by atoms with Gasteiger partial charge in [-0.15, -0.1) is 0 Å². The first-order valence-corrected chi connectivity index (χ1v) is 7.93. The van der Waals surface area contributed by atoms with Gasteiger partial charge in [0.1, 0.15) is 5.82 Å². The van der Waals surface area contributed by atoms with Gasteiger partial charge in [0.2, 0.25) is 10.0 Å². The number of rotatable bonds is 6. The number of aliphatic hydroxyl groups is 1. The lowest BCUT2D eigenvalue weighted by molar-refractivity contribution is 0.282. The molecule has 2 aromatic rings. The second-order valence-electron chi connectivity index (χ2n) is 4.58. The van der Waals surface area contributed by atoms with Crippen molar-refractivity contribution in [3.8, 4) is 0 Å². The first-order valence-electron chi connectivity index (χ1n) is 6.45. The minimum Gasteiger partial charge on any atom is -0.392 e. The Bertz CT molecular complexity index is 682. The Morgan fingerprint density at radius 3 is 2.10 bits per heavy atom. The monoisotopic (exact) mass is 309 g/mol. The summed E-state index contributed by atoms with van der Waals surface area (Å²) in [5.74, 6) is -0.316. The van der Waals surface area contributed by atoms with E-state index < -0.39 is 10.0 Å². The van der Waals surface area contributed by atoms with Crippen LogP contribution in [0, 0.1) is 5.82 Å². The Balaban J connectivity index is 1.95. The van der Waals surface area contributed by atoms with Crippen molar-refractivity contribution in [1.82, 2.24) is 4.72 Å². The molecule has 2 rings (SSSR count). The topological polar surface area (TPSA) is 66.4 Å². The molecule has 4 nitrogen and oxygen atoms in total. The molecule has 0 aliphatic heterocycles. The molecule has 0 radical (unpaired) electrons. The summed E-state index contributed by atoms with van der Waals surface area (Å²) in [7, 11) is -3.57. The summed E-state index contributed by atoms with van der Waals surface area (Å²) in [6.45, 7) is 0.105. The van der Waals surface area contributed by atoms with Gasteiger partial charge in [0.15, 0.2) is 0 Å². The second kappa shape index (κ2) is 6.80. The van der Waals surface area contributed by atoms with Gasteiger partial charge in [-0.25, -0.2) is 17.5 Å². The van der Waals surface area contributed by atoms with Crippen molar-refractivity contribution in [3.63, 3.8) is 0 Å². The molecule has 0 fully saturated rings. The Hall–Kier alpha value is -1.76. The van der Waals surface area contributed by atoms with Crippen LogP contribution in [0.25, 0.3) is 0 Å². The van der Waals surface area contributed by atoms with E-state index in [0.717, 1.165) is 5.56 Å². The molecule has 0 amide bonds. The minimum atomic E-state index is -3.57. The van der Waals surface area contributed by atoms with Gasteiger partial charge >= 0.3 is 0 Å². The van der Waals surface area contributed by atoms with E-state index >= 15 is 0 Å². The summed E-state index contributed by atoms with van der Waals surface area (Å²) in [6.07, 6.45) is 0.480. The summed E-state index contributed by atoms with van der Waals surface area (Å²) in [6, 6.07) is 12.0. The van der Waals surface area contributed by atoms with Crippen molar-refractivity contribution in [2.24, 2.45) is 0 Å². The largest absolute Gasteiger partial charge is 0.392 e. The molecular formula is C15H16FNO3S. The van der Waals surface area contributed by atoms with Crippen LogP contribution >= 0.6 is 0 Å². The standard InChI is InChI=1S/C15H16FNO3S/c16-14-5-1-12(2-6-14)9-10-17-21(19,20)15-7-3-13(11-18)4-8-15/h1-8,17-18H,9-11H2. The average molecular weight is 309 g/mol. The van der Waals surface area contributed by atoms with Crippen LogP contribution in [0.2, 0.25) is 0 Å². The Morgan fingerprint density at radius 1 is 0.952 bits per heavy atom. The third kappa shape index (κ3) is 4.35. The zero-order valence-electron chi connectivity index (χ0n) is 11.3. The van der Waals surface area contributed by atoms with Crippen LogP contribution in [0.1, 0.15) is 11.1 Å². The molecule has 2 aromatic carbocycles. The van der Waals surface area contributed by atoms with E-state index in [4.69, 9.17) is 5.11 Å². The van der Waals surface area contributed by atoms with Gasteiger partial charge in [-0.3, -0.25) is 0 Å². The molecule has 0 saturated carbocycles. The molecule has 112 valence electrons. The number of aliphatic hydroxyl groups excluding tert-OH is 1. The number of hydrogen-bond acceptors (Lipinski definition) is 3. The highest BCUT2D eigenvalue weighted by atomic mass is 32.2. The van der Waals surface area contributed by atoms with Crippen molar-refractivity contribution < 1.29 is 17.9 Å². The lowest BCUT2D eigenvalue weighted by Gasteiger charge is -2.07. The van der Waals surface area contributed by atoms with Crippen LogP contribution in [0.15, 0.2) is 53.4 Å². The quantitative estimate of drug-likeness (QED) is 0.855. The molecule has 21 heavy (non-hydrogen) atoms. The highest BCUT2D eigenvalue weighted by Gasteiger charge is 2.12. The summed E-state index contributed by atoms with van der Waals surface area (Å²) in [4.78, 5) is 0.152. The molecule has 0 aliphatic rings. The fourth-order valence-corrected chi connectivity index (χ4v) is 2.87. The highest BCUT2D eigenvalue weighted by molar-refractivity contribution is 7.89. The predicted octanol–water partition coefficient (Wildman–Crippen LogP) is 1.84. The molecule has 0 atom stereocenters. The fraction of sp³-hybridized carbons (Fsp3) is 0.200. The lowest BCUT2D eigenvalue weighted by atomic mass is 10.1. The first-order chi connectivity index (χ1) is 10.0. The molecule has 0 heterocycles. The van der Waals surface area contributed by atoms with Gasteiger partial charge in [-0.05, 0) is 41.8 Å². The zero-order valence-corrected chi connectivity index (χ0v) is 12.1. The van der Waals surface area contributed by atoms with E-state index in [2.05, 4.69) is 4.72 Å². The minimum absolute atomic E-state index is 0.127. The molecule has 2 N–H and O–H groups in total. The normalized spacial score (nSPS) is 11.5. The van der Waals surface area contributed by atoms with Gasteiger partial charge < -0.3 is 5.11 Å². The Labute approximate surface area is 123 Å². The van der Waals surface area contributed by atoms with Crippen LogP contribution in [0.4, 0.5) is 4.39 Å². The maximum Gasteiger partial charge on any atom is 0.240 e. The van der Waals surface area contributed by atoms with Crippen molar-refractivity contribution in [1.29, 1.82) is 0 Å². The van der Waals surface area contributed by atoms with Crippen LogP contribution in [0.3, 0.4) is 0 Å².